The number of rotatable bonds is 3. The highest BCUT2D eigenvalue weighted by Crippen LogP contribution is 1.99. The van der Waals surface area contributed by atoms with Gasteiger partial charge in [-0.2, -0.15) is 4.57 Å². The van der Waals surface area contributed by atoms with Gasteiger partial charge in [0, 0.05) is 17.7 Å². The second-order valence-corrected chi connectivity index (χ2v) is 3.46. The maximum absolute atomic E-state index is 9.18. The second kappa shape index (κ2) is 6.26. The quantitative estimate of drug-likeness (QED) is 0.645. The number of aliphatic hydroxyl groups is 1. The molecule has 0 saturated heterocycles. The van der Waals surface area contributed by atoms with Crippen molar-refractivity contribution in [2.45, 2.75) is 13.2 Å². The number of halogens is 1. The van der Waals surface area contributed by atoms with Crippen molar-refractivity contribution in [1.82, 2.24) is 0 Å². The van der Waals surface area contributed by atoms with Gasteiger partial charge in [-0.1, -0.05) is 36.4 Å². The normalized spacial score (nSPS) is 9.56. The molecular formula is C13H14ClNO. The van der Waals surface area contributed by atoms with E-state index >= 15 is 0 Å². The minimum absolute atomic E-state index is 0. The van der Waals surface area contributed by atoms with E-state index in [9.17, 15) is 5.11 Å². The van der Waals surface area contributed by atoms with E-state index in [0.29, 0.717) is 0 Å². The average Bonchev–Trinajstić information content (AvgIpc) is 2.31. The Bertz CT molecular complexity index is 431. The lowest BCUT2D eigenvalue weighted by Crippen LogP contribution is -3.00. The van der Waals surface area contributed by atoms with Crippen LogP contribution in [0.25, 0.3) is 0 Å². The van der Waals surface area contributed by atoms with Crippen LogP contribution < -0.4 is 17.0 Å². The number of hydrogen-bond donors (Lipinski definition) is 1. The monoisotopic (exact) mass is 235 g/mol. The number of aromatic nitrogens is 1. The molecule has 3 heteroatoms. The molecule has 2 nitrogen and oxygen atoms in total. The molecule has 0 radical (unpaired) electrons. The molecule has 16 heavy (non-hydrogen) atoms. The Labute approximate surface area is 102 Å². The standard InChI is InChI=1S/C13H14NO.ClH/c15-11-13-8-4-5-9-14(13)10-12-6-2-1-3-7-12;/h1-9,15H,10-11H2;1H/q+1;/p-1. The van der Waals surface area contributed by atoms with Crippen LogP contribution in [0.4, 0.5) is 0 Å². The van der Waals surface area contributed by atoms with Crippen molar-refractivity contribution in [2.24, 2.45) is 0 Å². The fourth-order valence-electron chi connectivity index (χ4n) is 1.59. The van der Waals surface area contributed by atoms with Crippen LogP contribution in [0.5, 0.6) is 0 Å². The van der Waals surface area contributed by atoms with Crippen LogP contribution in [-0.4, -0.2) is 5.11 Å². The Hall–Kier alpha value is -1.38. The lowest BCUT2D eigenvalue weighted by Gasteiger charge is -2.01. The van der Waals surface area contributed by atoms with Crippen LogP contribution in [-0.2, 0) is 13.2 Å². The van der Waals surface area contributed by atoms with E-state index in [0.717, 1.165) is 12.2 Å². The highest BCUT2D eigenvalue weighted by molar-refractivity contribution is 5.13. The fourth-order valence-corrected chi connectivity index (χ4v) is 1.59. The largest absolute Gasteiger partial charge is 1.00 e. The Morgan fingerprint density at radius 1 is 0.938 bits per heavy atom. The van der Waals surface area contributed by atoms with Gasteiger partial charge in [0.05, 0.1) is 0 Å². The molecule has 0 amide bonds. The van der Waals surface area contributed by atoms with Gasteiger partial charge in [-0.25, -0.2) is 0 Å². The van der Waals surface area contributed by atoms with E-state index in [4.69, 9.17) is 0 Å². The third kappa shape index (κ3) is 3.05. The number of hydrogen-bond acceptors (Lipinski definition) is 1. The molecule has 2 aromatic rings. The van der Waals surface area contributed by atoms with Crippen LogP contribution >= 0.6 is 0 Å². The van der Waals surface area contributed by atoms with E-state index < -0.39 is 0 Å². The number of nitrogens with zero attached hydrogens (tertiary/aromatic N) is 1. The van der Waals surface area contributed by atoms with Crippen molar-refractivity contribution in [1.29, 1.82) is 0 Å². The van der Waals surface area contributed by atoms with E-state index in [-0.39, 0.29) is 19.0 Å². The molecule has 0 fully saturated rings. The summed E-state index contributed by atoms with van der Waals surface area (Å²) in [5, 5.41) is 9.18. The number of pyridine rings is 1. The summed E-state index contributed by atoms with van der Waals surface area (Å²) >= 11 is 0. The maximum atomic E-state index is 9.18. The summed E-state index contributed by atoms with van der Waals surface area (Å²) in [4.78, 5) is 0. The van der Waals surface area contributed by atoms with Gasteiger partial charge in [-0.15, -0.1) is 0 Å². The molecule has 0 unspecified atom stereocenters. The van der Waals surface area contributed by atoms with Gasteiger partial charge in [0.25, 0.3) is 0 Å². The Morgan fingerprint density at radius 2 is 1.62 bits per heavy atom. The van der Waals surface area contributed by atoms with E-state index in [1.165, 1.54) is 5.56 Å². The summed E-state index contributed by atoms with van der Waals surface area (Å²) in [7, 11) is 0. The van der Waals surface area contributed by atoms with Gasteiger partial charge in [0.15, 0.2) is 12.7 Å². The summed E-state index contributed by atoms with van der Waals surface area (Å²) in [5.41, 5.74) is 2.17. The zero-order valence-corrected chi connectivity index (χ0v) is 9.64. The smallest absolute Gasteiger partial charge is 0.207 e. The Balaban J connectivity index is 0.00000128. The van der Waals surface area contributed by atoms with E-state index in [1.807, 2.05) is 42.6 Å². The van der Waals surface area contributed by atoms with Gasteiger partial charge in [0.2, 0.25) is 5.69 Å². The molecule has 0 aliphatic carbocycles. The summed E-state index contributed by atoms with van der Waals surface area (Å²) in [6.45, 7) is 0.880. The van der Waals surface area contributed by atoms with Crippen molar-refractivity contribution in [3.63, 3.8) is 0 Å². The first-order chi connectivity index (χ1) is 7.40. The molecule has 0 atom stereocenters. The lowest BCUT2D eigenvalue weighted by atomic mass is 10.2. The summed E-state index contributed by atoms with van der Waals surface area (Å²) < 4.78 is 2.05. The van der Waals surface area contributed by atoms with Crippen molar-refractivity contribution in [2.75, 3.05) is 0 Å². The Kier molecular flexibility index (Phi) is 4.96. The van der Waals surface area contributed by atoms with Gasteiger partial charge in [0.1, 0.15) is 6.61 Å². The van der Waals surface area contributed by atoms with Crippen LogP contribution in [0.3, 0.4) is 0 Å². The number of aliphatic hydroxyl groups excluding tert-OH is 1. The van der Waals surface area contributed by atoms with Crippen molar-refractivity contribution in [3.05, 3.63) is 66.0 Å². The van der Waals surface area contributed by atoms with Gasteiger partial charge in [-0.05, 0) is 0 Å². The predicted molar refractivity (Wildman–Crippen MR) is 58.1 cm³/mol. The molecule has 0 bridgehead atoms. The highest BCUT2D eigenvalue weighted by atomic mass is 35.5. The third-order valence-corrected chi connectivity index (χ3v) is 2.39. The van der Waals surface area contributed by atoms with Crippen molar-refractivity contribution >= 4 is 0 Å². The van der Waals surface area contributed by atoms with Crippen LogP contribution in [0.15, 0.2) is 54.7 Å². The highest BCUT2D eigenvalue weighted by Gasteiger charge is 2.07. The van der Waals surface area contributed by atoms with E-state index in [1.54, 1.807) is 0 Å². The number of benzene rings is 1. The van der Waals surface area contributed by atoms with Gasteiger partial charge >= 0.3 is 0 Å². The topological polar surface area (TPSA) is 24.1 Å². The molecule has 1 N–H and O–H groups in total. The summed E-state index contributed by atoms with van der Waals surface area (Å²) in [6, 6.07) is 16.1. The average molecular weight is 236 g/mol. The minimum Gasteiger partial charge on any atom is -1.00 e. The van der Waals surface area contributed by atoms with Crippen LogP contribution in [0, 0.1) is 0 Å². The second-order valence-electron chi connectivity index (χ2n) is 3.46. The molecule has 2 rings (SSSR count). The molecule has 0 saturated carbocycles. The summed E-state index contributed by atoms with van der Waals surface area (Å²) in [6.07, 6.45) is 1.98. The predicted octanol–water partition coefficient (Wildman–Crippen LogP) is -1.48. The zero-order valence-electron chi connectivity index (χ0n) is 8.88. The van der Waals surface area contributed by atoms with E-state index in [2.05, 4.69) is 16.7 Å². The molecule has 1 aromatic carbocycles. The molecule has 0 aliphatic heterocycles. The van der Waals surface area contributed by atoms with Crippen LogP contribution in [0.2, 0.25) is 0 Å². The van der Waals surface area contributed by atoms with Crippen molar-refractivity contribution in [3.8, 4) is 0 Å². The molecule has 0 spiro atoms. The van der Waals surface area contributed by atoms with Gasteiger partial charge in [-0.3, -0.25) is 0 Å². The maximum Gasteiger partial charge on any atom is 0.207 e. The first kappa shape index (κ1) is 12.7. The molecule has 1 heterocycles. The zero-order chi connectivity index (χ0) is 10.5. The third-order valence-electron chi connectivity index (χ3n) is 2.39. The molecule has 84 valence electrons. The fraction of sp³-hybridized carbons (Fsp3) is 0.154. The molecule has 1 aromatic heterocycles. The SMILES string of the molecule is OCc1cccc[n+]1Cc1ccccc1.[Cl-]. The summed E-state index contributed by atoms with van der Waals surface area (Å²) in [5.74, 6) is 0. The van der Waals surface area contributed by atoms with Gasteiger partial charge < -0.3 is 17.5 Å². The van der Waals surface area contributed by atoms with Crippen LogP contribution in [0.1, 0.15) is 11.3 Å². The molecule has 0 aliphatic rings. The first-order valence-electron chi connectivity index (χ1n) is 5.02. The van der Waals surface area contributed by atoms with Crippen molar-refractivity contribution < 1.29 is 22.1 Å². The lowest BCUT2D eigenvalue weighted by molar-refractivity contribution is -0.697. The Morgan fingerprint density at radius 3 is 2.31 bits per heavy atom. The minimum atomic E-state index is 0. The molecular weight excluding hydrogens is 222 g/mol. The first-order valence-corrected chi connectivity index (χ1v) is 5.02.